The first-order chi connectivity index (χ1) is 13.0. The topological polar surface area (TPSA) is 26.3 Å². The molecule has 0 spiro atoms. The summed E-state index contributed by atoms with van der Waals surface area (Å²) >= 11 is 0. The van der Waals surface area contributed by atoms with Gasteiger partial charge in [-0.1, -0.05) is 118 Å². The van der Waals surface area contributed by atoms with E-state index in [4.69, 9.17) is 4.74 Å². The van der Waals surface area contributed by atoms with Crippen LogP contribution in [0.2, 0.25) is 0 Å². The third-order valence-electron chi connectivity index (χ3n) is 5.35. The van der Waals surface area contributed by atoms with Crippen molar-refractivity contribution in [1.29, 1.82) is 0 Å². The molecule has 0 aliphatic carbocycles. The lowest BCUT2D eigenvalue weighted by molar-refractivity contribution is -0.143. The van der Waals surface area contributed by atoms with Crippen molar-refractivity contribution in [3.8, 4) is 0 Å². The molecule has 0 heterocycles. The van der Waals surface area contributed by atoms with Crippen LogP contribution in [0.1, 0.15) is 137 Å². The van der Waals surface area contributed by atoms with E-state index in [2.05, 4.69) is 27.7 Å². The maximum Gasteiger partial charge on any atom is 0.305 e. The molecule has 0 aromatic heterocycles. The minimum absolute atomic E-state index is 0.0139. The number of esters is 1. The van der Waals surface area contributed by atoms with Gasteiger partial charge in [-0.25, -0.2) is 0 Å². The molecule has 0 aliphatic heterocycles. The zero-order valence-electron chi connectivity index (χ0n) is 19.2. The summed E-state index contributed by atoms with van der Waals surface area (Å²) in [5, 5.41) is 0. The second-order valence-electron chi connectivity index (χ2n) is 9.29. The van der Waals surface area contributed by atoms with E-state index in [0.29, 0.717) is 13.0 Å². The molecule has 0 rings (SSSR count). The Hall–Kier alpha value is -0.530. The fourth-order valence-electron chi connectivity index (χ4n) is 3.50. The molecule has 27 heavy (non-hydrogen) atoms. The summed E-state index contributed by atoms with van der Waals surface area (Å²) in [5.41, 5.74) is 0. The first-order valence-electron chi connectivity index (χ1n) is 12.2. The molecular formula is C25H50O2. The van der Waals surface area contributed by atoms with Crippen LogP contribution in [0, 0.1) is 11.8 Å². The molecule has 0 bridgehead atoms. The Morgan fingerprint density at radius 3 is 1.37 bits per heavy atom. The van der Waals surface area contributed by atoms with Gasteiger partial charge in [-0.2, -0.15) is 0 Å². The fraction of sp³-hybridized carbons (Fsp3) is 0.960. The maximum absolute atomic E-state index is 11.7. The molecule has 0 aromatic rings. The number of ether oxygens (including phenoxy) is 1. The van der Waals surface area contributed by atoms with Crippen LogP contribution in [0.15, 0.2) is 0 Å². The predicted molar refractivity (Wildman–Crippen MR) is 119 cm³/mol. The van der Waals surface area contributed by atoms with Crippen LogP contribution >= 0.6 is 0 Å². The highest BCUT2D eigenvalue weighted by Crippen LogP contribution is 2.14. The van der Waals surface area contributed by atoms with Crippen molar-refractivity contribution in [2.45, 2.75) is 137 Å². The van der Waals surface area contributed by atoms with Crippen molar-refractivity contribution in [3.05, 3.63) is 0 Å². The van der Waals surface area contributed by atoms with E-state index >= 15 is 0 Å². The van der Waals surface area contributed by atoms with Crippen molar-refractivity contribution in [3.63, 3.8) is 0 Å². The largest absolute Gasteiger partial charge is 0.466 e. The Labute approximate surface area is 171 Å². The normalized spacial score (nSPS) is 11.5. The average molecular weight is 383 g/mol. The van der Waals surface area contributed by atoms with Crippen molar-refractivity contribution < 1.29 is 9.53 Å². The summed E-state index contributed by atoms with van der Waals surface area (Å²) in [4.78, 5) is 11.7. The van der Waals surface area contributed by atoms with Gasteiger partial charge in [-0.05, 0) is 24.7 Å². The number of rotatable bonds is 20. The van der Waals surface area contributed by atoms with Crippen LogP contribution in [-0.2, 0) is 9.53 Å². The molecule has 0 radical (unpaired) electrons. The summed E-state index contributed by atoms with van der Waals surface area (Å²) in [6.45, 7) is 9.82. The molecule has 0 aliphatic rings. The highest BCUT2D eigenvalue weighted by Gasteiger charge is 2.03. The molecule has 0 atom stereocenters. The summed E-state index contributed by atoms with van der Waals surface area (Å²) in [5.74, 6) is 1.70. The number of hydrogen-bond acceptors (Lipinski definition) is 2. The van der Waals surface area contributed by atoms with E-state index < -0.39 is 0 Å². The Morgan fingerprint density at radius 2 is 0.926 bits per heavy atom. The maximum atomic E-state index is 11.7. The number of hydrogen-bond donors (Lipinski definition) is 0. The summed E-state index contributed by atoms with van der Waals surface area (Å²) in [6, 6.07) is 0. The molecular weight excluding hydrogens is 332 g/mol. The van der Waals surface area contributed by atoms with Crippen LogP contribution in [0.4, 0.5) is 0 Å². The molecule has 0 aromatic carbocycles. The monoisotopic (exact) mass is 382 g/mol. The van der Waals surface area contributed by atoms with E-state index in [-0.39, 0.29) is 5.97 Å². The predicted octanol–water partition coefficient (Wildman–Crippen LogP) is 8.47. The van der Waals surface area contributed by atoms with Gasteiger partial charge in [-0.15, -0.1) is 0 Å². The lowest BCUT2D eigenvalue weighted by Gasteiger charge is -2.06. The van der Waals surface area contributed by atoms with Crippen LogP contribution in [0.3, 0.4) is 0 Å². The SMILES string of the molecule is CC(C)CCCCCCCCCCCC(=O)OCCCCCCCC(C)C. The Balaban J connectivity index is 3.17. The lowest BCUT2D eigenvalue weighted by atomic mass is 10.0. The summed E-state index contributed by atoms with van der Waals surface area (Å²) in [6.07, 6.45) is 21.3. The minimum Gasteiger partial charge on any atom is -0.466 e. The molecule has 162 valence electrons. The van der Waals surface area contributed by atoms with Crippen LogP contribution in [0.25, 0.3) is 0 Å². The highest BCUT2D eigenvalue weighted by molar-refractivity contribution is 5.69. The summed E-state index contributed by atoms with van der Waals surface area (Å²) < 4.78 is 5.35. The van der Waals surface area contributed by atoms with Gasteiger partial charge in [-0.3, -0.25) is 4.79 Å². The van der Waals surface area contributed by atoms with Gasteiger partial charge in [0.05, 0.1) is 6.61 Å². The van der Waals surface area contributed by atoms with Gasteiger partial charge in [0, 0.05) is 6.42 Å². The van der Waals surface area contributed by atoms with E-state index in [0.717, 1.165) is 24.7 Å². The molecule has 0 unspecified atom stereocenters. The lowest BCUT2D eigenvalue weighted by Crippen LogP contribution is -2.05. The van der Waals surface area contributed by atoms with Crippen molar-refractivity contribution in [1.82, 2.24) is 0 Å². The third-order valence-corrected chi connectivity index (χ3v) is 5.35. The first-order valence-corrected chi connectivity index (χ1v) is 12.2. The summed E-state index contributed by atoms with van der Waals surface area (Å²) in [7, 11) is 0. The van der Waals surface area contributed by atoms with Crippen LogP contribution in [0.5, 0.6) is 0 Å². The second kappa shape index (κ2) is 20.2. The zero-order chi connectivity index (χ0) is 20.2. The quantitative estimate of drug-likeness (QED) is 0.156. The molecule has 0 fully saturated rings. The number of unbranched alkanes of at least 4 members (excludes halogenated alkanes) is 12. The second-order valence-corrected chi connectivity index (χ2v) is 9.29. The van der Waals surface area contributed by atoms with Gasteiger partial charge < -0.3 is 4.74 Å². The first kappa shape index (κ1) is 26.5. The Morgan fingerprint density at radius 1 is 0.556 bits per heavy atom. The van der Waals surface area contributed by atoms with E-state index in [1.165, 1.54) is 89.9 Å². The van der Waals surface area contributed by atoms with Crippen LogP contribution in [-0.4, -0.2) is 12.6 Å². The van der Waals surface area contributed by atoms with Gasteiger partial charge >= 0.3 is 5.97 Å². The molecule has 2 nitrogen and oxygen atoms in total. The van der Waals surface area contributed by atoms with Crippen molar-refractivity contribution in [2.75, 3.05) is 6.61 Å². The molecule has 0 amide bonds. The van der Waals surface area contributed by atoms with Crippen LogP contribution < -0.4 is 0 Å². The van der Waals surface area contributed by atoms with Gasteiger partial charge in [0.2, 0.25) is 0 Å². The van der Waals surface area contributed by atoms with E-state index in [1.807, 2.05) is 0 Å². The number of carbonyl (C=O) groups excluding carboxylic acids is 1. The smallest absolute Gasteiger partial charge is 0.305 e. The molecule has 0 saturated carbocycles. The van der Waals surface area contributed by atoms with Gasteiger partial charge in [0.1, 0.15) is 0 Å². The van der Waals surface area contributed by atoms with Gasteiger partial charge in [0.15, 0.2) is 0 Å². The Bertz CT molecular complexity index is 309. The molecule has 2 heteroatoms. The highest BCUT2D eigenvalue weighted by atomic mass is 16.5. The minimum atomic E-state index is 0.0139. The van der Waals surface area contributed by atoms with E-state index in [9.17, 15) is 4.79 Å². The third kappa shape index (κ3) is 23.4. The van der Waals surface area contributed by atoms with E-state index in [1.54, 1.807) is 0 Å². The number of carbonyl (C=O) groups is 1. The zero-order valence-corrected chi connectivity index (χ0v) is 19.2. The standard InChI is InChI=1S/C25H50O2/c1-23(2)19-15-11-8-6-5-7-9-13-17-21-25(26)27-22-18-14-10-12-16-20-24(3)4/h23-24H,5-22H2,1-4H3. The fourth-order valence-corrected chi connectivity index (χ4v) is 3.50. The van der Waals surface area contributed by atoms with Crippen molar-refractivity contribution in [2.24, 2.45) is 11.8 Å². The average Bonchev–Trinajstić information content (AvgIpc) is 2.61. The van der Waals surface area contributed by atoms with Crippen molar-refractivity contribution >= 4 is 5.97 Å². The van der Waals surface area contributed by atoms with Gasteiger partial charge in [0.25, 0.3) is 0 Å². The molecule has 0 saturated heterocycles. The Kier molecular flexibility index (Phi) is 19.8. The molecule has 0 N–H and O–H groups in total.